The summed E-state index contributed by atoms with van der Waals surface area (Å²) in [5.74, 6) is 0. The van der Waals surface area contributed by atoms with Crippen LogP contribution in [0.4, 0.5) is 0 Å². The van der Waals surface area contributed by atoms with Crippen molar-refractivity contribution in [3.63, 3.8) is 0 Å². The van der Waals surface area contributed by atoms with E-state index in [0.29, 0.717) is 3.63 Å². The van der Waals surface area contributed by atoms with Crippen LogP contribution in [0.15, 0.2) is 83.0 Å². The van der Waals surface area contributed by atoms with Crippen molar-refractivity contribution in [3.8, 4) is 11.1 Å². The van der Waals surface area contributed by atoms with Crippen molar-refractivity contribution in [2.24, 2.45) is 0 Å². The summed E-state index contributed by atoms with van der Waals surface area (Å²) >= 11 is 1.14. The molecule has 1 nitrogen and oxygen atoms in total. The molecule has 0 aromatic heterocycles. The third-order valence-electron chi connectivity index (χ3n) is 5.92. The topological polar surface area (TPSA) is 9.23 Å². The van der Waals surface area contributed by atoms with Gasteiger partial charge in [-0.2, -0.15) is 0 Å². The zero-order valence-corrected chi connectivity index (χ0v) is 19.8. The second-order valence-corrected chi connectivity index (χ2v) is 15.7. The van der Waals surface area contributed by atoms with E-state index in [0.717, 1.165) is 4.67 Å². The van der Waals surface area contributed by atoms with Crippen LogP contribution >= 0.6 is 25.3 Å². The van der Waals surface area contributed by atoms with Gasteiger partial charge in [0.1, 0.15) is 0 Å². The molecule has 0 fully saturated rings. The van der Waals surface area contributed by atoms with E-state index in [1.807, 2.05) is 0 Å². The summed E-state index contributed by atoms with van der Waals surface area (Å²) in [7, 11) is 5.40. The zero-order chi connectivity index (χ0) is 18.8. The average Bonchev–Trinajstić information content (AvgIpc) is 3.35. The van der Waals surface area contributed by atoms with E-state index in [4.69, 9.17) is 14.1 Å². The van der Waals surface area contributed by atoms with E-state index >= 15 is 0 Å². The summed E-state index contributed by atoms with van der Waals surface area (Å²) in [5.41, 5.74) is 9.53. The van der Waals surface area contributed by atoms with Gasteiger partial charge in [-0.15, -0.1) is 0 Å². The molecule has 0 spiro atoms. The molecule has 0 radical (unpaired) electrons. The van der Waals surface area contributed by atoms with Gasteiger partial charge in [-0.25, -0.2) is 0 Å². The van der Waals surface area contributed by atoms with Gasteiger partial charge in [-0.1, -0.05) is 0 Å². The Morgan fingerprint density at radius 3 is 2.21 bits per heavy atom. The third-order valence-corrected chi connectivity index (χ3v) is 14.6. The number of ether oxygens (including phenoxy) is 1. The summed E-state index contributed by atoms with van der Waals surface area (Å²) in [6, 6.07) is 24.4. The van der Waals surface area contributed by atoms with Crippen LogP contribution in [-0.2, 0) is 25.0 Å². The first-order valence-electron chi connectivity index (χ1n) is 9.35. The number of rotatable bonds is 2. The molecule has 6 rings (SSSR count). The molecule has 4 heteroatoms. The molecule has 1 unspecified atom stereocenters. The molecule has 0 saturated heterocycles. The van der Waals surface area contributed by atoms with Gasteiger partial charge in [0.25, 0.3) is 0 Å². The maximum absolute atomic E-state index is 6.11. The molecule has 0 N–H and O–H groups in total. The quantitative estimate of drug-likeness (QED) is 0.391. The molecule has 28 heavy (non-hydrogen) atoms. The fourth-order valence-corrected chi connectivity index (χ4v) is 13.5. The summed E-state index contributed by atoms with van der Waals surface area (Å²) in [6.45, 7) is 0. The monoisotopic (exact) mass is 521 g/mol. The SMILES string of the molecule is [SH][Zr]([c]1cccc2c1C1OC(Br)=CC1=C2)[CH]1c2ccccc2-c2ccccc21. The number of benzene rings is 3. The zero-order valence-electron chi connectivity index (χ0n) is 14.9. The molecule has 135 valence electrons. The van der Waals surface area contributed by atoms with Crippen LogP contribution in [-0.4, -0.2) is 0 Å². The molecule has 3 aromatic rings. The van der Waals surface area contributed by atoms with Crippen LogP contribution in [0.25, 0.3) is 17.2 Å². The van der Waals surface area contributed by atoms with Gasteiger partial charge in [0.2, 0.25) is 0 Å². The number of hydrogen-bond donors (Lipinski definition) is 1. The molecule has 3 aromatic carbocycles. The van der Waals surface area contributed by atoms with Crippen molar-refractivity contribution in [2.45, 2.75) is 9.73 Å². The molecule has 0 amide bonds. The van der Waals surface area contributed by atoms with Crippen molar-refractivity contribution < 1.29 is 25.0 Å². The summed E-state index contributed by atoms with van der Waals surface area (Å²) in [5, 5.41) is 0. The molecule has 1 atom stereocenters. The van der Waals surface area contributed by atoms with Crippen molar-refractivity contribution in [1.82, 2.24) is 0 Å². The minimum absolute atomic E-state index is 0.0233. The number of halogens is 1. The Balaban J connectivity index is 1.50. The van der Waals surface area contributed by atoms with Gasteiger partial charge in [-0.3, -0.25) is 0 Å². The van der Waals surface area contributed by atoms with E-state index in [2.05, 4.69) is 94.8 Å². The van der Waals surface area contributed by atoms with E-state index in [1.54, 1.807) is 0 Å². The predicted octanol–water partition coefficient (Wildman–Crippen LogP) is 6.25. The maximum atomic E-state index is 6.11. The first kappa shape index (κ1) is 17.5. The van der Waals surface area contributed by atoms with Gasteiger partial charge >= 0.3 is 186 Å². The average molecular weight is 524 g/mol. The Morgan fingerprint density at radius 1 is 0.821 bits per heavy atom. The van der Waals surface area contributed by atoms with Crippen LogP contribution in [0.3, 0.4) is 0 Å². The van der Waals surface area contributed by atoms with Crippen molar-refractivity contribution >= 4 is 34.7 Å². The van der Waals surface area contributed by atoms with Gasteiger partial charge in [0.05, 0.1) is 0 Å². The van der Waals surface area contributed by atoms with Crippen molar-refractivity contribution in [1.29, 1.82) is 0 Å². The van der Waals surface area contributed by atoms with Crippen LogP contribution in [0, 0.1) is 0 Å². The molecule has 0 saturated carbocycles. The molecule has 1 aliphatic heterocycles. The van der Waals surface area contributed by atoms with Crippen molar-refractivity contribution in [3.05, 3.63) is 105 Å². The van der Waals surface area contributed by atoms with Crippen molar-refractivity contribution in [2.75, 3.05) is 0 Å². The van der Waals surface area contributed by atoms with Crippen LogP contribution in [0.1, 0.15) is 32.0 Å². The first-order chi connectivity index (χ1) is 13.7. The van der Waals surface area contributed by atoms with E-state index < -0.39 is 20.3 Å². The van der Waals surface area contributed by atoms with Crippen LogP contribution in [0.2, 0.25) is 0 Å². The molecule has 2 aliphatic carbocycles. The van der Waals surface area contributed by atoms with E-state index in [1.165, 1.54) is 42.2 Å². The molecule has 1 heterocycles. The summed E-state index contributed by atoms with van der Waals surface area (Å²) in [4.78, 5) is 0. The normalized spacial score (nSPS) is 18.6. The van der Waals surface area contributed by atoms with Gasteiger partial charge in [-0.05, 0) is 0 Å². The molecular weight excluding hydrogens is 507 g/mol. The Morgan fingerprint density at radius 2 is 1.50 bits per heavy atom. The molecular formula is C24H16BrOSZr. The second kappa shape index (κ2) is 6.59. The summed E-state index contributed by atoms with van der Waals surface area (Å²) < 4.78 is 8.81. The van der Waals surface area contributed by atoms with Gasteiger partial charge < -0.3 is 0 Å². The standard InChI is InChI=1S/C13H9.C11H6BrO.H2S.Zr/c1-3-7-12-10(5-1)9-11-6-2-4-8-13(11)12;12-10-6-8-5-7-3-1-2-4-9(7)11(8)13-10;;/h1-9H;1-3,5-6,11H;1H2;/q;;;+1/p-1. The molecule has 3 aliphatic rings. The Hall–Kier alpha value is -1.35. The molecule has 0 bridgehead atoms. The second-order valence-electron chi connectivity index (χ2n) is 7.39. The van der Waals surface area contributed by atoms with E-state index in [9.17, 15) is 0 Å². The Labute approximate surface area is 184 Å². The van der Waals surface area contributed by atoms with Gasteiger partial charge in [0, 0.05) is 0 Å². The summed E-state index contributed by atoms with van der Waals surface area (Å²) in [6.07, 6.45) is 4.38. The Kier molecular flexibility index (Phi) is 4.12. The number of fused-ring (bicyclic) bond motifs is 6. The number of hydrogen-bond acceptors (Lipinski definition) is 2. The number of thiol groups is 1. The first-order valence-corrected chi connectivity index (χ1v) is 16.5. The fraction of sp³-hybridized carbons (Fsp3) is 0.0833. The predicted molar refractivity (Wildman–Crippen MR) is 118 cm³/mol. The van der Waals surface area contributed by atoms with Crippen LogP contribution in [0.5, 0.6) is 0 Å². The third kappa shape index (κ3) is 2.47. The fourth-order valence-electron chi connectivity index (χ4n) is 4.77. The Bertz CT molecular complexity index is 1150. The minimum atomic E-state index is -2.37. The van der Waals surface area contributed by atoms with E-state index in [-0.39, 0.29) is 6.10 Å². The van der Waals surface area contributed by atoms with Gasteiger partial charge in [0.15, 0.2) is 0 Å². The van der Waals surface area contributed by atoms with Crippen LogP contribution < -0.4 is 3.27 Å².